The summed E-state index contributed by atoms with van der Waals surface area (Å²) < 4.78 is 5.01. The highest BCUT2D eigenvalue weighted by Crippen LogP contribution is 2.16. The van der Waals surface area contributed by atoms with E-state index in [1.807, 2.05) is 6.92 Å². The summed E-state index contributed by atoms with van der Waals surface area (Å²) in [6, 6.07) is 1.75. The van der Waals surface area contributed by atoms with Crippen LogP contribution in [0.1, 0.15) is 41.7 Å². The third-order valence-corrected chi connectivity index (χ3v) is 3.14. The highest BCUT2D eigenvalue weighted by atomic mass is 16.5. The molecule has 0 saturated heterocycles. The second-order valence-corrected chi connectivity index (χ2v) is 4.74. The number of aryl methyl sites for hydroxylation is 1. The average Bonchev–Trinajstić information content (AvgIpc) is 2.83. The lowest BCUT2D eigenvalue weighted by Crippen LogP contribution is -2.24. The van der Waals surface area contributed by atoms with Crippen LogP contribution in [-0.2, 0) is 0 Å². The standard InChI is InChI=1S/C14H19N3O3/c1-10-12-8-11(9-16-14(12)20-17-10)13(19)15-6-4-2-3-5-7-18/h8-9,18H,2-7H2,1H3,(H,15,19). The molecule has 2 heterocycles. The Kier molecular flexibility index (Phi) is 5.06. The number of aliphatic hydroxyl groups is 1. The van der Waals surface area contributed by atoms with Crippen molar-refractivity contribution in [3.63, 3.8) is 0 Å². The topological polar surface area (TPSA) is 88.2 Å². The molecule has 0 unspecified atom stereocenters. The van der Waals surface area contributed by atoms with E-state index in [0.29, 0.717) is 17.8 Å². The van der Waals surface area contributed by atoms with Crippen molar-refractivity contribution in [1.29, 1.82) is 0 Å². The Hall–Kier alpha value is -1.95. The number of aliphatic hydroxyl groups excluding tert-OH is 1. The Balaban J connectivity index is 1.86. The number of carbonyl (C=O) groups excluding carboxylic acids is 1. The molecule has 0 spiro atoms. The summed E-state index contributed by atoms with van der Waals surface area (Å²) in [5, 5.41) is 16.1. The Morgan fingerprint density at radius 2 is 2.15 bits per heavy atom. The molecule has 6 heteroatoms. The van der Waals surface area contributed by atoms with Crippen molar-refractivity contribution in [2.75, 3.05) is 13.2 Å². The zero-order valence-electron chi connectivity index (χ0n) is 11.6. The maximum atomic E-state index is 12.0. The van der Waals surface area contributed by atoms with Crippen LogP contribution in [0, 0.1) is 6.92 Å². The minimum atomic E-state index is -0.137. The van der Waals surface area contributed by atoms with Gasteiger partial charge in [0.15, 0.2) is 0 Å². The Labute approximate surface area is 117 Å². The number of hydrogen-bond acceptors (Lipinski definition) is 5. The van der Waals surface area contributed by atoms with Crippen molar-refractivity contribution < 1.29 is 14.4 Å². The van der Waals surface area contributed by atoms with Gasteiger partial charge < -0.3 is 14.9 Å². The monoisotopic (exact) mass is 277 g/mol. The van der Waals surface area contributed by atoms with Crippen LogP contribution in [0.15, 0.2) is 16.8 Å². The lowest BCUT2D eigenvalue weighted by Gasteiger charge is -2.04. The van der Waals surface area contributed by atoms with Crippen molar-refractivity contribution >= 4 is 17.0 Å². The smallest absolute Gasteiger partial charge is 0.257 e. The van der Waals surface area contributed by atoms with Crippen LogP contribution in [0.2, 0.25) is 0 Å². The van der Waals surface area contributed by atoms with Gasteiger partial charge in [0.2, 0.25) is 0 Å². The first-order valence-corrected chi connectivity index (χ1v) is 6.83. The number of hydrogen-bond donors (Lipinski definition) is 2. The number of rotatable bonds is 7. The van der Waals surface area contributed by atoms with E-state index in [4.69, 9.17) is 9.63 Å². The van der Waals surface area contributed by atoms with Gasteiger partial charge in [0.05, 0.1) is 16.6 Å². The molecule has 0 aliphatic rings. The number of carbonyl (C=O) groups is 1. The summed E-state index contributed by atoms with van der Waals surface area (Å²) in [6.07, 6.45) is 5.21. The molecule has 0 saturated carbocycles. The highest BCUT2D eigenvalue weighted by Gasteiger charge is 2.10. The molecule has 2 N–H and O–H groups in total. The summed E-state index contributed by atoms with van der Waals surface area (Å²) >= 11 is 0. The third-order valence-electron chi connectivity index (χ3n) is 3.14. The van der Waals surface area contributed by atoms with Gasteiger partial charge in [0.25, 0.3) is 11.6 Å². The van der Waals surface area contributed by atoms with Crippen LogP contribution in [-0.4, -0.2) is 34.3 Å². The Morgan fingerprint density at radius 1 is 1.35 bits per heavy atom. The fraction of sp³-hybridized carbons (Fsp3) is 0.500. The van der Waals surface area contributed by atoms with Crippen LogP contribution in [0.25, 0.3) is 11.1 Å². The van der Waals surface area contributed by atoms with Crippen LogP contribution < -0.4 is 5.32 Å². The molecule has 0 atom stereocenters. The molecule has 108 valence electrons. The van der Waals surface area contributed by atoms with E-state index in [-0.39, 0.29) is 12.5 Å². The lowest BCUT2D eigenvalue weighted by molar-refractivity contribution is 0.0952. The predicted molar refractivity (Wildman–Crippen MR) is 74.4 cm³/mol. The van der Waals surface area contributed by atoms with E-state index in [0.717, 1.165) is 36.8 Å². The minimum Gasteiger partial charge on any atom is -0.396 e. The van der Waals surface area contributed by atoms with Gasteiger partial charge in [-0.2, -0.15) is 0 Å². The molecule has 0 fully saturated rings. The Morgan fingerprint density at radius 3 is 2.95 bits per heavy atom. The molecule has 2 rings (SSSR count). The van der Waals surface area contributed by atoms with Crippen LogP contribution >= 0.6 is 0 Å². The lowest BCUT2D eigenvalue weighted by atomic mass is 10.2. The molecule has 2 aromatic heterocycles. The van der Waals surface area contributed by atoms with Gasteiger partial charge in [0.1, 0.15) is 0 Å². The molecule has 20 heavy (non-hydrogen) atoms. The van der Waals surface area contributed by atoms with E-state index in [1.165, 1.54) is 6.20 Å². The summed E-state index contributed by atoms with van der Waals surface area (Å²) in [6.45, 7) is 2.68. The van der Waals surface area contributed by atoms with Gasteiger partial charge >= 0.3 is 0 Å². The van der Waals surface area contributed by atoms with Crippen molar-refractivity contribution in [2.45, 2.75) is 32.6 Å². The first-order valence-electron chi connectivity index (χ1n) is 6.83. The van der Waals surface area contributed by atoms with Crippen LogP contribution in [0.4, 0.5) is 0 Å². The number of aromatic nitrogens is 2. The summed E-state index contributed by atoms with van der Waals surface area (Å²) in [4.78, 5) is 16.0. The number of amides is 1. The number of unbranched alkanes of at least 4 members (excludes halogenated alkanes) is 3. The van der Waals surface area contributed by atoms with Crippen molar-refractivity contribution in [3.8, 4) is 0 Å². The number of nitrogens with one attached hydrogen (secondary N) is 1. The fourth-order valence-corrected chi connectivity index (χ4v) is 1.96. The molecular formula is C14H19N3O3. The molecule has 6 nitrogen and oxygen atoms in total. The molecule has 0 radical (unpaired) electrons. The highest BCUT2D eigenvalue weighted by molar-refractivity contribution is 5.96. The summed E-state index contributed by atoms with van der Waals surface area (Å²) in [5.41, 5.74) is 1.69. The minimum absolute atomic E-state index is 0.137. The molecular weight excluding hydrogens is 258 g/mol. The molecule has 0 aromatic carbocycles. The molecule has 2 aromatic rings. The first-order chi connectivity index (χ1) is 9.72. The number of fused-ring (bicyclic) bond motifs is 1. The van der Waals surface area contributed by atoms with E-state index >= 15 is 0 Å². The van der Waals surface area contributed by atoms with Crippen molar-refractivity contribution in [2.24, 2.45) is 0 Å². The van der Waals surface area contributed by atoms with Gasteiger partial charge in [-0.1, -0.05) is 18.0 Å². The van der Waals surface area contributed by atoms with Gasteiger partial charge in [-0.25, -0.2) is 4.98 Å². The first kappa shape index (κ1) is 14.5. The largest absolute Gasteiger partial charge is 0.396 e. The fourth-order valence-electron chi connectivity index (χ4n) is 1.96. The van der Waals surface area contributed by atoms with Crippen LogP contribution in [0.5, 0.6) is 0 Å². The second-order valence-electron chi connectivity index (χ2n) is 4.74. The SMILES string of the molecule is Cc1noc2ncc(C(=O)NCCCCCCO)cc12. The van der Waals surface area contributed by atoms with Gasteiger partial charge in [0, 0.05) is 19.3 Å². The molecule has 0 aliphatic carbocycles. The second kappa shape index (κ2) is 7.00. The summed E-state index contributed by atoms with van der Waals surface area (Å²) in [5.74, 6) is -0.137. The predicted octanol–water partition coefficient (Wildman–Crippen LogP) is 1.81. The molecule has 1 amide bonds. The van der Waals surface area contributed by atoms with Crippen molar-refractivity contribution in [3.05, 3.63) is 23.5 Å². The molecule has 0 bridgehead atoms. The van der Waals surface area contributed by atoms with E-state index in [9.17, 15) is 4.79 Å². The maximum absolute atomic E-state index is 12.0. The average molecular weight is 277 g/mol. The molecule has 0 aliphatic heterocycles. The maximum Gasteiger partial charge on any atom is 0.257 e. The van der Waals surface area contributed by atoms with Gasteiger partial charge in [-0.3, -0.25) is 4.79 Å². The van der Waals surface area contributed by atoms with Crippen molar-refractivity contribution in [1.82, 2.24) is 15.5 Å². The van der Waals surface area contributed by atoms with E-state index in [1.54, 1.807) is 6.07 Å². The normalized spacial score (nSPS) is 10.9. The van der Waals surface area contributed by atoms with E-state index < -0.39 is 0 Å². The number of nitrogens with zero attached hydrogens (tertiary/aromatic N) is 2. The van der Waals surface area contributed by atoms with Gasteiger partial charge in [-0.05, 0) is 25.8 Å². The Bertz CT molecular complexity index is 580. The van der Waals surface area contributed by atoms with E-state index in [2.05, 4.69) is 15.5 Å². The third kappa shape index (κ3) is 3.54. The number of pyridine rings is 1. The van der Waals surface area contributed by atoms with Crippen LogP contribution in [0.3, 0.4) is 0 Å². The zero-order valence-corrected chi connectivity index (χ0v) is 11.6. The summed E-state index contributed by atoms with van der Waals surface area (Å²) in [7, 11) is 0. The van der Waals surface area contributed by atoms with Gasteiger partial charge in [-0.15, -0.1) is 0 Å². The quantitative estimate of drug-likeness (QED) is 0.753. The zero-order chi connectivity index (χ0) is 14.4.